The molecule has 1 aliphatic carbocycles. The molecular weight excluding hydrogens is 436 g/mol. The first-order valence-electron chi connectivity index (χ1n) is 11.8. The lowest BCUT2D eigenvalue weighted by atomic mass is 9.95. The van der Waals surface area contributed by atoms with Gasteiger partial charge >= 0.3 is 0 Å². The number of nitrogens with zero attached hydrogens (tertiary/aromatic N) is 2. The highest BCUT2D eigenvalue weighted by atomic mass is 35.5. The monoisotopic (exact) mass is 468 g/mol. The Morgan fingerprint density at radius 3 is 1.30 bits per heavy atom. The Balaban J connectivity index is 0.00000259. The largest absolute Gasteiger partial charge is 0.490 e. The van der Waals surface area contributed by atoms with E-state index in [9.17, 15) is 0 Å². The zero-order valence-corrected chi connectivity index (χ0v) is 20.1. The molecule has 2 heterocycles. The molecule has 1 saturated carbocycles. The minimum atomic E-state index is 0. The second-order valence-corrected chi connectivity index (χ2v) is 9.15. The van der Waals surface area contributed by atoms with Crippen molar-refractivity contribution in [2.45, 2.75) is 63.8 Å². The Hall–Kier alpha value is -2.73. The van der Waals surface area contributed by atoms with Crippen molar-refractivity contribution in [3.05, 3.63) is 59.7 Å². The molecule has 2 aliphatic heterocycles. The SMILES string of the molecule is CC1CN=C(c2ccc(OC3CCC(Oc4ccc(C5=NCC(C)N5)cc4)CC3)cc2)N1.Cl. The van der Waals surface area contributed by atoms with Crippen molar-refractivity contribution >= 4 is 24.1 Å². The summed E-state index contributed by atoms with van der Waals surface area (Å²) >= 11 is 0. The lowest BCUT2D eigenvalue weighted by Gasteiger charge is -2.29. The van der Waals surface area contributed by atoms with Gasteiger partial charge in [0.2, 0.25) is 0 Å². The Bertz CT molecular complexity index is 901. The smallest absolute Gasteiger partial charge is 0.128 e. The minimum Gasteiger partial charge on any atom is -0.490 e. The summed E-state index contributed by atoms with van der Waals surface area (Å²) in [6, 6.07) is 17.4. The molecule has 0 aromatic heterocycles. The van der Waals surface area contributed by atoms with Gasteiger partial charge in [-0.25, -0.2) is 0 Å². The molecule has 1 fully saturated rings. The van der Waals surface area contributed by atoms with Gasteiger partial charge in [0.05, 0.1) is 25.3 Å². The average molecular weight is 469 g/mol. The third-order valence-electron chi connectivity index (χ3n) is 6.30. The van der Waals surface area contributed by atoms with E-state index < -0.39 is 0 Å². The van der Waals surface area contributed by atoms with E-state index in [-0.39, 0.29) is 24.6 Å². The van der Waals surface area contributed by atoms with Gasteiger partial charge in [0.1, 0.15) is 23.2 Å². The number of amidine groups is 2. The Morgan fingerprint density at radius 2 is 1.00 bits per heavy atom. The fourth-order valence-corrected chi connectivity index (χ4v) is 4.49. The molecule has 2 aromatic rings. The van der Waals surface area contributed by atoms with Crippen LogP contribution in [-0.2, 0) is 0 Å². The summed E-state index contributed by atoms with van der Waals surface area (Å²) in [4.78, 5) is 9.09. The highest BCUT2D eigenvalue weighted by Crippen LogP contribution is 2.27. The maximum absolute atomic E-state index is 6.24. The van der Waals surface area contributed by atoms with E-state index in [4.69, 9.17) is 9.47 Å². The molecule has 2 aromatic carbocycles. The van der Waals surface area contributed by atoms with Crippen LogP contribution in [0.2, 0.25) is 0 Å². The summed E-state index contributed by atoms with van der Waals surface area (Å²) < 4.78 is 12.5. The lowest BCUT2D eigenvalue weighted by molar-refractivity contribution is 0.0806. The first kappa shape index (κ1) is 23.4. The molecule has 176 valence electrons. The van der Waals surface area contributed by atoms with Crippen molar-refractivity contribution in [1.82, 2.24) is 10.6 Å². The van der Waals surface area contributed by atoms with Gasteiger partial charge in [-0.1, -0.05) is 0 Å². The quantitative estimate of drug-likeness (QED) is 0.661. The van der Waals surface area contributed by atoms with Crippen LogP contribution in [0, 0.1) is 0 Å². The van der Waals surface area contributed by atoms with Gasteiger partial charge in [-0.15, -0.1) is 12.4 Å². The van der Waals surface area contributed by atoms with Gasteiger partial charge in [-0.3, -0.25) is 9.98 Å². The van der Waals surface area contributed by atoms with E-state index in [1.54, 1.807) is 0 Å². The number of rotatable bonds is 6. The molecule has 0 spiro atoms. The second kappa shape index (κ2) is 10.5. The molecule has 2 unspecified atom stereocenters. The number of aliphatic imine (C=N–C) groups is 2. The number of hydrogen-bond donors (Lipinski definition) is 2. The molecule has 0 saturated heterocycles. The van der Waals surface area contributed by atoms with Crippen LogP contribution in [0.1, 0.15) is 50.7 Å². The fraction of sp³-hybridized carbons (Fsp3) is 0.462. The van der Waals surface area contributed by atoms with Gasteiger partial charge in [0, 0.05) is 23.2 Å². The standard InChI is InChI=1S/C26H32N4O2.ClH/c1-17-15-27-25(29-17)19-3-7-21(8-4-19)31-23-11-13-24(14-12-23)32-22-9-5-20(6-10-22)26-28-16-18(2)30-26;/h3-10,17-18,23-24H,11-16H2,1-2H3,(H,27,29)(H,28,30);1H. The van der Waals surface area contributed by atoms with Crippen molar-refractivity contribution in [3.8, 4) is 11.5 Å². The molecule has 6 nitrogen and oxygen atoms in total. The normalized spacial score (nSPS) is 26.4. The molecule has 0 bridgehead atoms. The molecule has 3 aliphatic rings. The van der Waals surface area contributed by atoms with Gasteiger partial charge < -0.3 is 20.1 Å². The second-order valence-electron chi connectivity index (χ2n) is 9.15. The van der Waals surface area contributed by atoms with Crippen LogP contribution in [0.5, 0.6) is 11.5 Å². The molecule has 0 amide bonds. The summed E-state index contributed by atoms with van der Waals surface area (Å²) in [7, 11) is 0. The van der Waals surface area contributed by atoms with Crippen LogP contribution in [0.3, 0.4) is 0 Å². The topological polar surface area (TPSA) is 67.2 Å². The van der Waals surface area contributed by atoms with E-state index in [1.165, 1.54) is 0 Å². The molecule has 2 N–H and O–H groups in total. The third-order valence-corrected chi connectivity index (χ3v) is 6.30. The summed E-state index contributed by atoms with van der Waals surface area (Å²) in [6.07, 6.45) is 4.53. The highest BCUT2D eigenvalue weighted by molar-refractivity contribution is 6.00. The zero-order valence-electron chi connectivity index (χ0n) is 19.3. The first-order chi connectivity index (χ1) is 15.6. The predicted molar refractivity (Wildman–Crippen MR) is 135 cm³/mol. The Labute approximate surface area is 202 Å². The first-order valence-corrected chi connectivity index (χ1v) is 11.8. The lowest BCUT2D eigenvalue weighted by Crippen LogP contribution is -2.30. The summed E-state index contributed by atoms with van der Waals surface area (Å²) in [5, 5.41) is 6.80. The van der Waals surface area contributed by atoms with E-state index >= 15 is 0 Å². The van der Waals surface area contributed by atoms with Gasteiger partial charge in [-0.05, 0) is 88.1 Å². The van der Waals surface area contributed by atoms with Gasteiger partial charge in [-0.2, -0.15) is 0 Å². The van der Waals surface area contributed by atoms with Crippen LogP contribution in [-0.4, -0.2) is 49.1 Å². The van der Waals surface area contributed by atoms with Crippen molar-refractivity contribution in [1.29, 1.82) is 0 Å². The third kappa shape index (κ3) is 5.80. The summed E-state index contributed by atoms with van der Waals surface area (Å²) in [6.45, 7) is 5.98. The Morgan fingerprint density at radius 1 is 0.636 bits per heavy atom. The van der Waals surface area contributed by atoms with E-state index in [0.29, 0.717) is 12.1 Å². The van der Waals surface area contributed by atoms with Gasteiger partial charge in [0.25, 0.3) is 0 Å². The number of ether oxygens (including phenoxy) is 2. The fourth-order valence-electron chi connectivity index (χ4n) is 4.49. The molecule has 7 heteroatoms. The predicted octanol–water partition coefficient (Wildman–Crippen LogP) is 4.35. The van der Waals surface area contributed by atoms with Crippen molar-refractivity contribution < 1.29 is 9.47 Å². The van der Waals surface area contributed by atoms with Crippen LogP contribution in [0.4, 0.5) is 0 Å². The number of benzene rings is 2. The number of halogens is 1. The maximum Gasteiger partial charge on any atom is 0.128 e. The number of nitrogens with one attached hydrogen (secondary N) is 2. The van der Waals surface area contributed by atoms with E-state index in [1.807, 2.05) is 0 Å². The van der Waals surface area contributed by atoms with Crippen LogP contribution >= 0.6 is 12.4 Å². The average Bonchev–Trinajstić information content (AvgIpc) is 3.44. The summed E-state index contributed by atoms with van der Waals surface area (Å²) in [5.74, 6) is 3.82. The van der Waals surface area contributed by atoms with Crippen molar-refractivity contribution in [2.24, 2.45) is 9.98 Å². The van der Waals surface area contributed by atoms with Crippen LogP contribution in [0.15, 0.2) is 58.5 Å². The molecule has 33 heavy (non-hydrogen) atoms. The van der Waals surface area contributed by atoms with E-state index in [2.05, 4.69) is 83.0 Å². The maximum atomic E-state index is 6.24. The molecular formula is C26H33ClN4O2. The van der Waals surface area contributed by atoms with E-state index in [0.717, 1.165) is 73.1 Å². The molecule has 0 radical (unpaired) electrons. The number of hydrogen-bond acceptors (Lipinski definition) is 6. The Kier molecular flexibility index (Phi) is 7.43. The van der Waals surface area contributed by atoms with Gasteiger partial charge in [0.15, 0.2) is 0 Å². The molecule has 2 atom stereocenters. The van der Waals surface area contributed by atoms with Crippen LogP contribution in [0.25, 0.3) is 0 Å². The van der Waals surface area contributed by atoms with Crippen LogP contribution < -0.4 is 20.1 Å². The van der Waals surface area contributed by atoms with Crippen molar-refractivity contribution in [3.63, 3.8) is 0 Å². The zero-order chi connectivity index (χ0) is 21.9. The van der Waals surface area contributed by atoms with Crippen molar-refractivity contribution in [2.75, 3.05) is 13.1 Å². The summed E-state index contributed by atoms with van der Waals surface area (Å²) in [5.41, 5.74) is 2.24. The highest BCUT2D eigenvalue weighted by Gasteiger charge is 2.24. The molecule has 5 rings (SSSR count). The minimum absolute atomic E-state index is 0.